The molecule has 5 heteroatoms. The summed E-state index contributed by atoms with van der Waals surface area (Å²) in [5.41, 5.74) is 0. The molecule has 104 valence electrons. The first-order valence-corrected chi connectivity index (χ1v) is 6.75. The second kappa shape index (κ2) is 7.09. The number of aromatic nitrogens is 1. The highest BCUT2D eigenvalue weighted by atomic mass is 16.5. The Morgan fingerprint density at radius 3 is 2.74 bits per heavy atom. The van der Waals surface area contributed by atoms with Gasteiger partial charge >= 0.3 is 5.97 Å². The zero-order valence-corrected chi connectivity index (χ0v) is 11.4. The Hall–Kier alpha value is -1.62. The molecule has 0 aliphatic carbocycles. The van der Waals surface area contributed by atoms with Crippen molar-refractivity contribution in [3.8, 4) is 0 Å². The van der Waals surface area contributed by atoms with Crippen LogP contribution in [-0.4, -0.2) is 55.7 Å². The Morgan fingerprint density at radius 2 is 2.11 bits per heavy atom. The Balaban J connectivity index is 1.69. The summed E-state index contributed by atoms with van der Waals surface area (Å²) in [4.78, 5) is 20.1. The maximum atomic E-state index is 11.0. The SMILES string of the molecule is COC(=O)CCCN1CCN(c2ccccn2)CC1. The van der Waals surface area contributed by atoms with E-state index in [0.29, 0.717) is 6.42 Å². The van der Waals surface area contributed by atoms with Gasteiger partial charge in [0.1, 0.15) is 5.82 Å². The molecule has 0 bridgehead atoms. The first-order valence-electron chi connectivity index (χ1n) is 6.75. The van der Waals surface area contributed by atoms with Gasteiger partial charge in [0, 0.05) is 38.8 Å². The van der Waals surface area contributed by atoms with Gasteiger partial charge in [0.2, 0.25) is 0 Å². The van der Waals surface area contributed by atoms with E-state index in [1.54, 1.807) is 0 Å². The van der Waals surface area contributed by atoms with Crippen LogP contribution >= 0.6 is 0 Å². The van der Waals surface area contributed by atoms with Crippen LogP contribution in [0.2, 0.25) is 0 Å². The highest BCUT2D eigenvalue weighted by molar-refractivity contribution is 5.69. The monoisotopic (exact) mass is 263 g/mol. The second-order valence-corrected chi connectivity index (χ2v) is 4.70. The number of anilines is 1. The topological polar surface area (TPSA) is 45.7 Å². The fourth-order valence-corrected chi connectivity index (χ4v) is 2.29. The van der Waals surface area contributed by atoms with Gasteiger partial charge in [-0.15, -0.1) is 0 Å². The third-order valence-electron chi connectivity index (χ3n) is 3.43. The lowest BCUT2D eigenvalue weighted by atomic mass is 10.2. The van der Waals surface area contributed by atoms with Crippen LogP contribution in [-0.2, 0) is 9.53 Å². The third-order valence-corrected chi connectivity index (χ3v) is 3.43. The van der Waals surface area contributed by atoms with Crippen LogP contribution in [0.1, 0.15) is 12.8 Å². The van der Waals surface area contributed by atoms with Gasteiger partial charge in [-0.05, 0) is 25.1 Å². The number of nitrogens with zero attached hydrogens (tertiary/aromatic N) is 3. The van der Waals surface area contributed by atoms with E-state index >= 15 is 0 Å². The first-order chi connectivity index (χ1) is 9.29. The van der Waals surface area contributed by atoms with Crippen molar-refractivity contribution in [3.63, 3.8) is 0 Å². The molecule has 2 heterocycles. The van der Waals surface area contributed by atoms with Gasteiger partial charge in [-0.25, -0.2) is 4.98 Å². The van der Waals surface area contributed by atoms with Gasteiger partial charge < -0.3 is 9.64 Å². The van der Waals surface area contributed by atoms with Crippen LogP contribution in [0.25, 0.3) is 0 Å². The Bertz CT molecular complexity index is 389. The predicted octanol–water partition coefficient (Wildman–Crippen LogP) is 1.16. The number of piperazine rings is 1. The molecule has 1 aromatic rings. The third kappa shape index (κ3) is 4.21. The Kier molecular flexibility index (Phi) is 5.15. The zero-order chi connectivity index (χ0) is 13.5. The minimum atomic E-state index is -0.118. The number of rotatable bonds is 5. The van der Waals surface area contributed by atoms with Crippen LogP contribution < -0.4 is 4.90 Å². The summed E-state index contributed by atoms with van der Waals surface area (Å²) in [7, 11) is 1.44. The summed E-state index contributed by atoms with van der Waals surface area (Å²) in [5.74, 6) is 0.934. The Morgan fingerprint density at radius 1 is 1.32 bits per heavy atom. The molecule has 0 radical (unpaired) electrons. The van der Waals surface area contributed by atoms with E-state index in [1.165, 1.54) is 7.11 Å². The van der Waals surface area contributed by atoms with Crippen LogP contribution in [0.3, 0.4) is 0 Å². The molecule has 0 atom stereocenters. The van der Waals surface area contributed by atoms with E-state index < -0.39 is 0 Å². The fraction of sp³-hybridized carbons (Fsp3) is 0.571. The number of esters is 1. The summed E-state index contributed by atoms with van der Waals surface area (Å²) in [5, 5.41) is 0. The molecular weight excluding hydrogens is 242 g/mol. The number of pyridine rings is 1. The van der Waals surface area contributed by atoms with Gasteiger partial charge in [-0.2, -0.15) is 0 Å². The van der Waals surface area contributed by atoms with Crippen molar-refractivity contribution in [2.45, 2.75) is 12.8 Å². The number of methoxy groups -OCH3 is 1. The lowest BCUT2D eigenvalue weighted by Crippen LogP contribution is -2.46. The fourth-order valence-electron chi connectivity index (χ4n) is 2.29. The lowest BCUT2D eigenvalue weighted by Gasteiger charge is -2.35. The predicted molar refractivity (Wildman–Crippen MR) is 74.1 cm³/mol. The van der Waals surface area contributed by atoms with Gasteiger partial charge in [0.15, 0.2) is 0 Å². The van der Waals surface area contributed by atoms with E-state index in [0.717, 1.165) is 45.0 Å². The Labute approximate surface area is 114 Å². The average molecular weight is 263 g/mol. The van der Waals surface area contributed by atoms with Gasteiger partial charge in [0.25, 0.3) is 0 Å². The average Bonchev–Trinajstić information content (AvgIpc) is 2.48. The highest BCUT2D eigenvalue weighted by Gasteiger charge is 2.17. The van der Waals surface area contributed by atoms with Crippen molar-refractivity contribution in [3.05, 3.63) is 24.4 Å². The highest BCUT2D eigenvalue weighted by Crippen LogP contribution is 2.12. The van der Waals surface area contributed by atoms with E-state index in [2.05, 4.69) is 19.5 Å². The molecule has 19 heavy (non-hydrogen) atoms. The summed E-state index contributed by atoms with van der Waals surface area (Å²) in [6.45, 7) is 5.01. The minimum Gasteiger partial charge on any atom is -0.469 e. The maximum Gasteiger partial charge on any atom is 0.305 e. The number of hydrogen-bond donors (Lipinski definition) is 0. The summed E-state index contributed by atoms with van der Waals surface area (Å²) >= 11 is 0. The number of carbonyl (C=O) groups excluding carboxylic acids is 1. The molecule has 1 saturated heterocycles. The molecule has 5 nitrogen and oxygen atoms in total. The summed E-state index contributed by atoms with van der Waals surface area (Å²) < 4.78 is 4.64. The quantitative estimate of drug-likeness (QED) is 0.746. The summed E-state index contributed by atoms with van der Waals surface area (Å²) in [6, 6.07) is 6.00. The van der Waals surface area contributed by atoms with Crippen LogP contribution in [0, 0.1) is 0 Å². The standard InChI is InChI=1S/C14H21N3O2/c1-19-14(18)6-4-8-16-9-11-17(12-10-16)13-5-2-3-7-15-13/h2-3,5,7H,4,6,8-12H2,1H3. The lowest BCUT2D eigenvalue weighted by molar-refractivity contribution is -0.140. The largest absolute Gasteiger partial charge is 0.469 e. The smallest absolute Gasteiger partial charge is 0.305 e. The molecule has 1 fully saturated rings. The molecule has 0 spiro atoms. The molecule has 0 N–H and O–H groups in total. The molecule has 0 amide bonds. The van der Waals surface area contributed by atoms with Crippen molar-refractivity contribution in [2.24, 2.45) is 0 Å². The van der Waals surface area contributed by atoms with E-state index in [4.69, 9.17) is 0 Å². The molecule has 1 aliphatic heterocycles. The first kappa shape index (κ1) is 13.8. The van der Waals surface area contributed by atoms with E-state index in [-0.39, 0.29) is 5.97 Å². The second-order valence-electron chi connectivity index (χ2n) is 4.70. The summed E-state index contributed by atoms with van der Waals surface area (Å²) in [6.07, 6.45) is 3.21. The molecule has 1 aliphatic rings. The molecule has 0 unspecified atom stereocenters. The van der Waals surface area contributed by atoms with Crippen LogP contribution in [0.15, 0.2) is 24.4 Å². The van der Waals surface area contributed by atoms with Gasteiger partial charge in [-0.1, -0.05) is 6.07 Å². The van der Waals surface area contributed by atoms with Crippen molar-refractivity contribution >= 4 is 11.8 Å². The van der Waals surface area contributed by atoms with E-state index in [1.807, 2.05) is 24.4 Å². The molecule has 2 rings (SSSR count). The van der Waals surface area contributed by atoms with Crippen LogP contribution in [0.4, 0.5) is 5.82 Å². The van der Waals surface area contributed by atoms with Crippen LogP contribution in [0.5, 0.6) is 0 Å². The minimum absolute atomic E-state index is 0.118. The number of carbonyl (C=O) groups is 1. The molecule has 0 aromatic carbocycles. The molecule has 1 aromatic heterocycles. The molecular formula is C14H21N3O2. The van der Waals surface area contributed by atoms with Crippen molar-refractivity contribution in [1.29, 1.82) is 0 Å². The van der Waals surface area contributed by atoms with E-state index in [9.17, 15) is 4.79 Å². The van der Waals surface area contributed by atoms with Gasteiger partial charge in [0.05, 0.1) is 7.11 Å². The van der Waals surface area contributed by atoms with Crippen molar-refractivity contribution in [2.75, 3.05) is 44.7 Å². The van der Waals surface area contributed by atoms with Crippen molar-refractivity contribution < 1.29 is 9.53 Å². The molecule has 0 saturated carbocycles. The zero-order valence-electron chi connectivity index (χ0n) is 11.4. The maximum absolute atomic E-state index is 11.0. The number of ether oxygens (including phenoxy) is 1. The van der Waals surface area contributed by atoms with Gasteiger partial charge in [-0.3, -0.25) is 9.69 Å². The van der Waals surface area contributed by atoms with Crippen molar-refractivity contribution in [1.82, 2.24) is 9.88 Å². The number of hydrogen-bond acceptors (Lipinski definition) is 5. The normalized spacial score (nSPS) is 16.4.